The van der Waals surface area contributed by atoms with Crippen LogP contribution in [-0.4, -0.2) is 28.1 Å². The maximum atomic E-state index is 12.7. The maximum absolute atomic E-state index is 12.7. The van der Waals surface area contributed by atoms with E-state index in [4.69, 9.17) is 0 Å². The van der Waals surface area contributed by atoms with Crippen LogP contribution in [0.1, 0.15) is 58.4 Å². The van der Waals surface area contributed by atoms with Gasteiger partial charge in [-0.25, -0.2) is 0 Å². The van der Waals surface area contributed by atoms with Crippen LogP contribution in [0.3, 0.4) is 0 Å². The Hall–Kier alpha value is -4.26. The Labute approximate surface area is 176 Å². The molecule has 0 spiro atoms. The van der Waals surface area contributed by atoms with E-state index in [1.165, 1.54) is 18.2 Å². The van der Waals surface area contributed by atoms with Gasteiger partial charge in [0, 0.05) is 28.2 Å². The number of hydrogen-bond donors (Lipinski definition) is 0. The van der Waals surface area contributed by atoms with Crippen LogP contribution in [0.15, 0.2) is 54.1 Å². The number of rotatable bonds is 4. The Balaban J connectivity index is 1.84. The summed E-state index contributed by atoms with van der Waals surface area (Å²) in [7, 11) is 0. The van der Waals surface area contributed by atoms with E-state index < -0.39 is 11.9 Å². The summed E-state index contributed by atoms with van der Waals surface area (Å²) in [5.74, 6) is -3.75. The van der Waals surface area contributed by atoms with Gasteiger partial charge in [0.25, 0.3) is 0 Å². The number of aromatic nitrogens is 1. The van der Waals surface area contributed by atoms with E-state index in [1.54, 1.807) is 48.7 Å². The van der Waals surface area contributed by atoms with Crippen molar-refractivity contribution in [3.63, 3.8) is 0 Å². The average Bonchev–Trinajstić information content (AvgIpc) is 3.15. The third-order valence-electron chi connectivity index (χ3n) is 5.32. The predicted molar refractivity (Wildman–Crippen MR) is 107 cm³/mol. The lowest BCUT2D eigenvalue weighted by Gasteiger charge is -2.15. The summed E-state index contributed by atoms with van der Waals surface area (Å²) in [6.45, 7) is 3.47. The maximum Gasteiger partial charge on any atom is 0.197 e. The van der Waals surface area contributed by atoms with Crippen molar-refractivity contribution in [2.75, 3.05) is 0 Å². The normalized spacial score (nSPS) is 12.8. The number of carbonyl (C=O) groups is 4. The summed E-state index contributed by atoms with van der Waals surface area (Å²) in [5.41, 5.74) is 2.26. The topological polar surface area (TPSA) is 119 Å². The number of aryl methyl sites for hydroxylation is 1. The van der Waals surface area contributed by atoms with Crippen molar-refractivity contribution in [3.05, 3.63) is 93.3 Å². The van der Waals surface area contributed by atoms with Crippen molar-refractivity contribution in [2.24, 2.45) is 0 Å². The van der Waals surface area contributed by atoms with Crippen LogP contribution < -0.4 is 10.2 Å². The van der Waals surface area contributed by atoms with Crippen molar-refractivity contribution >= 4 is 29.6 Å². The minimum absolute atomic E-state index is 0.0420. The molecule has 0 amide bonds. The SMILES string of the molecule is Cc1cc(C=C2C(=O)c3ccccc3C2=O)c(C)n1-c1cc(C(=O)[O-])cc(C(=O)[O-])c1. The number of fused-ring (bicyclic) bond motifs is 1. The second kappa shape index (κ2) is 7.21. The zero-order valence-corrected chi connectivity index (χ0v) is 16.6. The molecule has 3 aromatic rings. The standard InChI is InChI=1S/C24H17NO6/c1-12-7-14(11-20-21(26)18-5-3-4-6-19(18)22(20)27)13(2)25(12)17-9-15(23(28)29)8-16(10-17)24(30)31/h3-11H,1-2H3,(H,28,29)(H,30,31)/p-2. The van der Waals surface area contributed by atoms with Crippen molar-refractivity contribution in [1.82, 2.24) is 4.57 Å². The highest BCUT2D eigenvalue weighted by atomic mass is 16.4. The fourth-order valence-electron chi connectivity index (χ4n) is 3.87. The minimum Gasteiger partial charge on any atom is -0.545 e. The summed E-state index contributed by atoms with van der Waals surface area (Å²) in [4.78, 5) is 48.0. The molecule has 0 saturated carbocycles. The first-order chi connectivity index (χ1) is 14.7. The highest BCUT2D eigenvalue weighted by molar-refractivity contribution is 6.41. The molecule has 4 rings (SSSR count). The number of aromatic carboxylic acids is 2. The smallest absolute Gasteiger partial charge is 0.197 e. The molecule has 1 heterocycles. The zero-order chi connectivity index (χ0) is 22.4. The second-order valence-electron chi connectivity index (χ2n) is 7.27. The van der Waals surface area contributed by atoms with E-state index in [9.17, 15) is 29.4 Å². The average molecular weight is 413 g/mol. The number of carboxylic acids is 2. The van der Waals surface area contributed by atoms with Gasteiger partial charge in [-0.05, 0) is 60.9 Å². The van der Waals surface area contributed by atoms with E-state index in [2.05, 4.69) is 0 Å². The van der Waals surface area contributed by atoms with Crippen LogP contribution in [0.2, 0.25) is 0 Å². The predicted octanol–water partition coefficient (Wildman–Crippen LogP) is 1.28. The van der Waals surface area contributed by atoms with E-state index in [1.807, 2.05) is 0 Å². The summed E-state index contributed by atoms with van der Waals surface area (Å²) < 4.78 is 1.64. The molecule has 7 heteroatoms. The molecule has 31 heavy (non-hydrogen) atoms. The molecule has 2 aromatic carbocycles. The molecule has 7 nitrogen and oxygen atoms in total. The minimum atomic E-state index is -1.52. The Morgan fingerprint density at radius 3 is 1.84 bits per heavy atom. The van der Waals surface area contributed by atoms with Gasteiger partial charge in [0.1, 0.15) is 0 Å². The molecule has 1 aromatic heterocycles. The summed E-state index contributed by atoms with van der Waals surface area (Å²) in [6, 6.07) is 11.9. The van der Waals surface area contributed by atoms with Gasteiger partial charge in [0.2, 0.25) is 0 Å². The van der Waals surface area contributed by atoms with E-state index in [0.717, 1.165) is 6.07 Å². The summed E-state index contributed by atoms with van der Waals surface area (Å²) in [6.07, 6.45) is 1.51. The number of allylic oxidation sites excluding steroid dienone is 1. The molecule has 0 radical (unpaired) electrons. The van der Waals surface area contributed by atoms with Gasteiger partial charge in [-0.3, -0.25) is 9.59 Å². The molecule has 0 N–H and O–H groups in total. The molecule has 0 saturated heterocycles. The van der Waals surface area contributed by atoms with Gasteiger partial charge in [0.05, 0.1) is 17.5 Å². The van der Waals surface area contributed by atoms with Gasteiger partial charge in [-0.1, -0.05) is 24.3 Å². The molecule has 1 aliphatic carbocycles. The van der Waals surface area contributed by atoms with Gasteiger partial charge in [-0.2, -0.15) is 0 Å². The first-order valence-electron chi connectivity index (χ1n) is 9.36. The number of hydrogen-bond acceptors (Lipinski definition) is 6. The second-order valence-corrected chi connectivity index (χ2v) is 7.27. The van der Waals surface area contributed by atoms with Gasteiger partial charge in [-0.15, -0.1) is 0 Å². The Morgan fingerprint density at radius 1 is 0.839 bits per heavy atom. The number of nitrogens with zero attached hydrogens (tertiary/aromatic N) is 1. The Kier molecular flexibility index (Phi) is 4.66. The lowest BCUT2D eigenvalue weighted by Crippen LogP contribution is -2.26. The van der Waals surface area contributed by atoms with Crippen molar-refractivity contribution in [2.45, 2.75) is 13.8 Å². The highest BCUT2D eigenvalue weighted by Crippen LogP contribution is 2.30. The molecular weight excluding hydrogens is 398 g/mol. The Bertz CT molecular complexity index is 1270. The summed E-state index contributed by atoms with van der Waals surface area (Å²) in [5, 5.41) is 22.7. The van der Waals surface area contributed by atoms with Crippen LogP contribution in [0, 0.1) is 13.8 Å². The van der Waals surface area contributed by atoms with Crippen LogP contribution in [0.25, 0.3) is 11.8 Å². The largest absolute Gasteiger partial charge is 0.545 e. The summed E-state index contributed by atoms with van der Waals surface area (Å²) >= 11 is 0. The number of carbonyl (C=O) groups excluding carboxylic acids is 4. The first kappa shape index (κ1) is 20.0. The molecule has 154 valence electrons. The van der Waals surface area contributed by atoms with Crippen LogP contribution in [0.4, 0.5) is 0 Å². The van der Waals surface area contributed by atoms with Crippen LogP contribution in [0.5, 0.6) is 0 Å². The molecular formula is C24H15NO6-2. The Morgan fingerprint density at radius 2 is 1.35 bits per heavy atom. The fourth-order valence-corrected chi connectivity index (χ4v) is 3.87. The van der Waals surface area contributed by atoms with E-state index >= 15 is 0 Å². The number of ketones is 2. The highest BCUT2D eigenvalue weighted by Gasteiger charge is 2.32. The molecule has 0 unspecified atom stereocenters. The quantitative estimate of drug-likeness (QED) is 0.470. The van der Waals surface area contributed by atoms with E-state index in [-0.39, 0.29) is 34.0 Å². The first-order valence-corrected chi connectivity index (χ1v) is 9.36. The van der Waals surface area contributed by atoms with E-state index in [0.29, 0.717) is 28.1 Å². The molecule has 0 atom stereocenters. The van der Waals surface area contributed by atoms with Gasteiger partial charge >= 0.3 is 0 Å². The van der Waals surface area contributed by atoms with Crippen LogP contribution in [-0.2, 0) is 0 Å². The van der Waals surface area contributed by atoms with Gasteiger partial charge in [0.15, 0.2) is 11.6 Å². The lowest BCUT2D eigenvalue weighted by atomic mass is 10.1. The van der Waals surface area contributed by atoms with Crippen LogP contribution >= 0.6 is 0 Å². The lowest BCUT2D eigenvalue weighted by molar-refractivity contribution is -0.255. The molecule has 0 fully saturated rings. The molecule has 0 aliphatic heterocycles. The molecule has 0 bridgehead atoms. The third kappa shape index (κ3) is 3.26. The van der Waals surface area contributed by atoms with Gasteiger partial charge < -0.3 is 24.4 Å². The monoisotopic (exact) mass is 413 g/mol. The van der Waals surface area contributed by atoms with Crippen molar-refractivity contribution in [1.29, 1.82) is 0 Å². The number of Topliss-reactive ketones (excluding diaryl/α,β-unsaturated/α-hetero) is 2. The van der Waals surface area contributed by atoms with Crippen molar-refractivity contribution in [3.8, 4) is 5.69 Å². The fraction of sp³-hybridized carbons (Fsp3) is 0.0833. The third-order valence-corrected chi connectivity index (χ3v) is 5.32. The number of benzene rings is 2. The number of carboxylic acid groups (broad SMARTS) is 2. The van der Waals surface area contributed by atoms with Crippen molar-refractivity contribution < 1.29 is 29.4 Å². The zero-order valence-electron chi connectivity index (χ0n) is 16.6. The molecule has 1 aliphatic rings.